The van der Waals surface area contributed by atoms with Gasteiger partial charge >= 0.3 is 6.18 Å². The van der Waals surface area contributed by atoms with Gasteiger partial charge in [0.15, 0.2) is 5.81 Å². The van der Waals surface area contributed by atoms with E-state index >= 15 is 0 Å². The molecule has 0 N–H and O–H groups in total. The van der Waals surface area contributed by atoms with Gasteiger partial charge in [0.1, 0.15) is 5.82 Å². The minimum Gasteiger partial charge on any atom is -0.353 e. The molecular weight excluding hydrogens is 273 g/mol. The maximum absolute atomic E-state index is 13.5. The summed E-state index contributed by atoms with van der Waals surface area (Å²) in [5.41, 5.74) is -1.24. The first-order chi connectivity index (χ1) is 9.30. The van der Waals surface area contributed by atoms with Crippen molar-refractivity contribution in [1.82, 2.24) is 4.90 Å². The average Bonchev–Trinajstić information content (AvgIpc) is 2.37. The third kappa shape index (κ3) is 2.97. The molecule has 0 saturated carbocycles. The van der Waals surface area contributed by atoms with Crippen molar-refractivity contribution in [3.8, 4) is 0 Å². The van der Waals surface area contributed by atoms with Crippen LogP contribution in [-0.4, -0.2) is 31.6 Å². The van der Waals surface area contributed by atoms with Crippen LogP contribution in [-0.2, 0) is 6.18 Å². The Morgan fingerprint density at radius 3 is 2.35 bits per heavy atom. The Bertz CT molecular complexity index is 510. The van der Waals surface area contributed by atoms with Crippen molar-refractivity contribution in [2.75, 3.05) is 13.1 Å². The summed E-state index contributed by atoms with van der Waals surface area (Å²) in [6.45, 7) is 0.571. The number of rotatable bonds is 1. The minimum atomic E-state index is -4.72. The second-order valence-corrected chi connectivity index (χ2v) is 4.80. The van der Waals surface area contributed by atoms with Crippen molar-refractivity contribution in [2.45, 2.75) is 24.9 Å². The van der Waals surface area contributed by atoms with Gasteiger partial charge in [-0.3, -0.25) is 4.79 Å². The molecule has 2 rings (SSSR count). The molecule has 1 heterocycles. The molecule has 20 heavy (non-hydrogen) atoms. The number of piperidine rings is 1. The van der Waals surface area contributed by atoms with Crippen molar-refractivity contribution < 1.29 is 22.4 Å². The number of amides is 1. The Morgan fingerprint density at radius 1 is 1.25 bits per heavy atom. The SMILES string of the molecule is [B]C(=O)N1CCC(c2cccc(F)c2C(F)(F)F)CC1. The van der Waals surface area contributed by atoms with Gasteiger partial charge < -0.3 is 4.90 Å². The maximum atomic E-state index is 13.5. The lowest BCUT2D eigenvalue weighted by atomic mass is 9.85. The van der Waals surface area contributed by atoms with Gasteiger partial charge in [-0.2, -0.15) is 13.2 Å². The molecule has 0 aliphatic carbocycles. The van der Waals surface area contributed by atoms with E-state index in [2.05, 4.69) is 0 Å². The van der Waals surface area contributed by atoms with E-state index in [0.29, 0.717) is 12.8 Å². The molecule has 1 aromatic rings. The molecule has 1 saturated heterocycles. The number of carbonyl (C=O) groups excluding carboxylic acids is 1. The number of nitrogens with zero attached hydrogens (tertiary/aromatic N) is 1. The fourth-order valence-electron chi connectivity index (χ4n) is 2.59. The van der Waals surface area contributed by atoms with E-state index in [4.69, 9.17) is 7.85 Å². The minimum absolute atomic E-state index is 0.0402. The first-order valence-electron chi connectivity index (χ1n) is 6.20. The Hall–Kier alpha value is -1.53. The van der Waals surface area contributed by atoms with Crippen molar-refractivity contribution in [3.05, 3.63) is 35.1 Å². The monoisotopic (exact) mass is 285 g/mol. The second kappa shape index (κ2) is 5.46. The summed E-state index contributed by atoms with van der Waals surface area (Å²) in [7, 11) is 5.12. The highest BCUT2D eigenvalue weighted by atomic mass is 19.4. The highest BCUT2D eigenvalue weighted by Gasteiger charge is 2.39. The predicted molar refractivity (Wildman–Crippen MR) is 66.1 cm³/mol. The Balaban J connectivity index is 2.27. The van der Waals surface area contributed by atoms with Gasteiger partial charge in [0, 0.05) is 13.1 Å². The number of hydrogen-bond acceptors (Lipinski definition) is 1. The summed E-state index contributed by atoms with van der Waals surface area (Å²) in [5.74, 6) is -2.26. The molecule has 0 bridgehead atoms. The normalized spacial score (nSPS) is 17.3. The van der Waals surface area contributed by atoms with Gasteiger partial charge in [-0.15, -0.1) is 0 Å². The summed E-state index contributed by atoms with van der Waals surface area (Å²) in [6.07, 6.45) is -4.04. The molecule has 2 radical (unpaired) electrons. The highest BCUT2D eigenvalue weighted by Crippen LogP contribution is 2.40. The first-order valence-corrected chi connectivity index (χ1v) is 6.20. The van der Waals surface area contributed by atoms with E-state index < -0.39 is 29.3 Å². The Labute approximate surface area is 115 Å². The zero-order chi connectivity index (χ0) is 14.9. The molecule has 106 valence electrons. The zero-order valence-corrected chi connectivity index (χ0v) is 10.6. The van der Waals surface area contributed by atoms with Crippen molar-refractivity contribution in [3.63, 3.8) is 0 Å². The van der Waals surface area contributed by atoms with Crippen LogP contribution in [0.4, 0.5) is 22.4 Å². The molecule has 1 aliphatic rings. The third-order valence-electron chi connectivity index (χ3n) is 3.58. The lowest BCUT2D eigenvalue weighted by Gasteiger charge is -2.33. The van der Waals surface area contributed by atoms with Crippen LogP contribution < -0.4 is 0 Å². The lowest BCUT2D eigenvalue weighted by molar-refractivity contribution is -0.140. The van der Waals surface area contributed by atoms with Crippen LogP contribution in [0.25, 0.3) is 0 Å². The van der Waals surface area contributed by atoms with E-state index in [1.165, 1.54) is 17.0 Å². The van der Waals surface area contributed by atoms with E-state index in [-0.39, 0.29) is 18.7 Å². The quantitative estimate of drug-likeness (QED) is 0.572. The van der Waals surface area contributed by atoms with Gasteiger partial charge in [0.25, 0.3) is 0 Å². The number of benzene rings is 1. The second-order valence-electron chi connectivity index (χ2n) is 4.80. The molecule has 0 unspecified atom stereocenters. The highest BCUT2D eigenvalue weighted by molar-refractivity contribution is 6.56. The summed E-state index contributed by atoms with van der Waals surface area (Å²) < 4.78 is 52.3. The summed E-state index contributed by atoms with van der Waals surface area (Å²) in [5, 5.41) is 0. The van der Waals surface area contributed by atoms with Gasteiger partial charge in [-0.25, -0.2) is 4.39 Å². The van der Waals surface area contributed by atoms with Crippen molar-refractivity contribution in [2.24, 2.45) is 0 Å². The van der Waals surface area contributed by atoms with Crippen LogP contribution in [0, 0.1) is 5.82 Å². The fraction of sp³-hybridized carbons (Fsp3) is 0.462. The van der Waals surface area contributed by atoms with Crippen LogP contribution in [0.5, 0.6) is 0 Å². The maximum Gasteiger partial charge on any atom is 0.419 e. The lowest BCUT2D eigenvalue weighted by Crippen LogP contribution is -2.37. The molecule has 1 aromatic carbocycles. The van der Waals surface area contributed by atoms with Gasteiger partial charge in [0.2, 0.25) is 7.85 Å². The standard InChI is InChI=1S/C13H12BF4NO/c14-12(20)19-6-4-8(5-7-19)9-2-1-3-10(15)11(9)13(16,17)18/h1-3,8H,4-7H2. The first kappa shape index (κ1) is 14.9. The van der Waals surface area contributed by atoms with Crippen LogP contribution in [0.3, 0.4) is 0 Å². The van der Waals surface area contributed by atoms with Gasteiger partial charge in [-0.05, 0) is 30.4 Å². The molecule has 0 atom stereocenters. The van der Waals surface area contributed by atoms with E-state index in [0.717, 1.165) is 6.07 Å². The summed E-state index contributed by atoms with van der Waals surface area (Å²) >= 11 is 0. The number of alkyl halides is 3. The third-order valence-corrected chi connectivity index (χ3v) is 3.58. The van der Waals surface area contributed by atoms with E-state index in [1.54, 1.807) is 0 Å². The number of halogens is 4. The fourth-order valence-corrected chi connectivity index (χ4v) is 2.59. The molecule has 1 amide bonds. The average molecular weight is 285 g/mol. The largest absolute Gasteiger partial charge is 0.419 e. The molecule has 7 heteroatoms. The zero-order valence-electron chi connectivity index (χ0n) is 10.6. The molecule has 0 aromatic heterocycles. The number of carbonyl (C=O) groups is 1. The predicted octanol–water partition coefficient (Wildman–Crippen LogP) is 3.31. The number of hydrogen-bond donors (Lipinski definition) is 0. The molecule has 1 aliphatic heterocycles. The number of likely N-dealkylation sites (tertiary alicyclic amines) is 1. The smallest absolute Gasteiger partial charge is 0.353 e. The molecule has 2 nitrogen and oxygen atoms in total. The van der Waals surface area contributed by atoms with Crippen LogP contribution >= 0.6 is 0 Å². The topological polar surface area (TPSA) is 20.3 Å². The molecule has 0 spiro atoms. The Kier molecular flexibility index (Phi) is 4.06. The van der Waals surface area contributed by atoms with E-state index in [1.807, 2.05) is 0 Å². The molecule has 1 fully saturated rings. The van der Waals surface area contributed by atoms with Crippen molar-refractivity contribution in [1.29, 1.82) is 0 Å². The van der Waals surface area contributed by atoms with Gasteiger partial charge in [-0.1, -0.05) is 12.1 Å². The van der Waals surface area contributed by atoms with E-state index in [9.17, 15) is 22.4 Å². The van der Waals surface area contributed by atoms with Crippen molar-refractivity contribution >= 4 is 13.7 Å². The van der Waals surface area contributed by atoms with Crippen LogP contribution in [0.2, 0.25) is 0 Å². The summed E-state index contributed by atoms with van der Waals surface area (Å²) in [4.78, 5) is 12.4. The van der Waals surface area contributed by atoms with Crippen LogP contribution in [0.15, 0.2) is 18.2 Å². The molecular formula is C13H12BF4NO. The summed E-state index contributed by atoms with van der Waals surface area (Å²) in [6, 6.07) is 3.39. The Morgan fingerprint density at radius 2 is 1.85 bits per heavy atom. The van der Waals surface area contributed by atoms with Gasteiger partial charge in [0.05, 0.1) is 5.56 Å². The van der Waals surface area contributed by atoms with Crippen LogP contribution in [0.1, 0.15) is 29.9 Å².